The third-order valence-electron chi connectivity index (χ3n) is 4.49. The Morgan fingerprint density at radius 2 is 2.00 bits per heavy atom. The fraction of sp³-hybridized carbons (Fsp3) is 0.227. The average molecular weight is 461 g/mol. The molecule has 2 aromatic rings. The van der Waals surface area contributed by atoms with Crippen LogP contribution in [0.25, 0.3) is 6.08 Å². The van der Waals surface area contributed by atoms with Crippen molar-refractivity contribution in [1.82, 2.24) is 10.2 Å². The molecule has 2 N–H and O–H groups in total. The summed E-state index contributed by atoms with van der Waals surface area (Å²) in [5, 5.41) is 13.0. The SMILES string of the molecule is O=C(CCN1C(=O)C(=Cc2cccc(Cl)c2)SC1=S)NC(CO)Cc1ccccc1. The van der Waals surface area contributed by atoms with Gasteiger partial charge in [-0.25, -0.2) is 0 Å². The molecule has 0 bridgehead atoms. The van der Waals surface area contributed by atoms with Crippen LogP contribution >= 0.6 is 35.6 Å². The summed E-state index contributed by atoms with van der Waals surface area (Å²) in [6.45, 7) is 0.0247. The third-order valence-corrected chi connectivity index (χ3v) is 6.11. The van der Waals surface area contributed by atoms with Crippen LogP contribution in [0.2, 0.25) is 5.02 Å². The van der Waals surface area contributed by atoms with Crippen LogP contribution in [0.3, 0.4) is 0 Å². The summed E-state index contributed by atoms with van der Waals surface area (Å²) >= 11 is 12.5. The van der Waals surface area contributed by atoms with Gasteiger partial charge in [0.1, 0.15) is 4.32 Å². The lowest BCUT2D eigenvalue weighted by atomic mass is 10.1. The summed E-state index contributed by atoms with van der Waals surface area (Å²) < 4.78 is 0.420. The molecule has 8 heteroatoms. The number of amides is 2. The highest BCUT2D eigenvalue weighted by Gasteiger charge is 2.32. The molecule has 0 spiro atoms. The first-order valence-electron chi connectivity index (χ1n) is 9.41. The largest absolute Gasteiger partial charge is 0.394 e. The van der Waals surface area contributed by atoms with E-state index in [1.54, 1.807) is 18.2 Å². The smallest absolute Gasteiger partial charge is 0.266 e. The first kappa shape index (κ1) is 22.5. The Bertz CT molecular complexity index is 966. The maximum atomic E-state index is 12.7. The van der Waals surface area contributed by atoms with Crippen LogP contribution in [0, 0.1) is 0 Å². The lowest BCUT2D eigenvalue weighted by Gasteiger charge is -2.18. The van der Waals surface area contributed by atoms with Crippen molar-refractivity contribution in [3.05, 3.63) is 75.7 Å². The minimum Gasteiger partial charge on any atom is -0.394 e. The van der Waals surface area contributed by atoms with Crippen LogP contribution in [0.5, 0.6) is 0 Å². The standard InChI is InChI=1S/C22H21ClN2O3S2/c23-17-8-4-7-16(11-17)13-19-21(28)25(22(29)30-19)10-9-20(27)24-18(14-26)12-15-5-2-1-3-6-15/h1-8,11,13,18,26H,9-10,12,14H2,(H,24,27). The molecule has 30 heavy (non-hydrogen) atoms. The number of aliphatic hydroxyl groups is 1. The molecule has 1 aliphatic rings. The van der Waals surface area contributed by atoms with Gasteiger partial charge in [0.15, 0.2) is 0 Å². The number of rotatable bonds is 8. The van der Waals surface area contributed by atoms with E-state index in [4.69, 9.17) is 23.8 Å². The number of carbonyl (C=O) groups is 2. The number of aliphatic hydroxyl groups excluding tert-OH is 1. The Balaban J connectivity index is 1.55. The van der Waals surface area contributed by atoms with Crippen LogP contribution < -0.4 is 5.32 Å². The number of nitrogens with zero attached hydrogens (tertiary/aromatic N) is 1. The second-order valence-corrected chi connectivity index (χ2v) is 8.89. The van der Waals surface area contributed by atoms with Gasteiger partial charge in [-0.1, -0.05) is 78.0 Å². The molecule has 1 saturated heterocycles. The Hall–Kier alpha value is -2.19. The molecular formula is C22H21ClN2O3S2. The Labute approximate surface area is 190 Å². The van der Waals surface area contributed by atoms with Crippen LogP contribution in [-0.4, -0.2) is 45.3 Å². The summed E-state index contributed by atoms with van der Waals surface area (Å²) in [6, 6.07) is 16.5. The predicted molar refractivity (Wildman–Crippen MR) is 125 cm³/mol. The fourth-order valence-corrected chi connectivity index (χ4v) is 4.52. The summed E-state index contributed by atoms with van der Waals surface area (Å²) in [7, 11) is 0. The van der Waals surface area contributed by atoms with Crippen molar-refractivity contribution in [3.8, 4) is 0 Å². The highest BCUT2D eigenvalue weighted by atomic mass is 35.5. The quantitative estimate of drug-likeness (QED) is 0.465. The molecule has 2 aromatic carbocycles. The summed E-state index contributed by atoms with van der Waals surface area (Å²) in [5.41, 5.74) is 1.84. The van der Waals surface area contributed by atoms with Crippen molar-refractivity contribution in [2.45, 2.75) is 18.9 Å². The minimum absolute atomic E-state index is 0.0994. The van der Waals surface area contributed by atoms with E-state index >= 15 is 0 Å². The second-order valence-electron chi connectivity index (χ2n) is 6.78. The third kappa shape index (κ3) is 6.15. The van der Waals surface area contributed by atoms with Crippen molar-refractivity contribution >= 4 is 57.8 Å². The average Bonchev–Trinajstić information content (AvgIpc) is 2.99. The summed E-state index contributed by atoms with van der Waals surface area (Å²) in [6.07, 6.45) is 2.38. The molecule has 5 nitrogen and oxygen atoms in total. The van der Waals surface area contributed by atoms with Gasteiger partial charge in [-0.2, -0.15) is 0 Å². The summed E-state index contributed by atoms with van der Waals surface area (Å²) in [4.78, 5) is 27.0. The fourth-order valence-electron chi connectivity index (χ4n) is 3.01. The molecule has 1 atom stereocenters. The topological polar surface area (TPSA) is 69.6 Å². The van der Waals surface area contributed by atoms with Crippen LogP contribution in [0.1, 0.15) is 17.5 Å². The van der Waals surface area contributed by atoms with Crippen molar-refractivity contribution in [3.63, 3.8) is 0 Å². The van der Waals surface area contributed by atoms with Crippen LogP contribution in [0.4, 0.5) is 0 Å². The molecule has 1 fully saturated rings. The Kier molecular flexibility index (Phi) is 8.04. The van der Waals surface area contributed by atoms with E-state index in [0.717, 1.165) is 11.1 Å². The first-order valence-corrected chi connectivity index (χ1v) is 11.0. The molecule has 1 unspecified atom stereocenters. The van der Waals surface area contributed by atoms with Gasteiger partial charge in [0.25, 0.3) is 5.91 Å². The number of nitrogens with one attached hydrogen (secondary N) is 1. The van der Waals surface area contributed by atoms with E-state index in [1.165, 1.54) is 16.7 Å². The lowest BCUT2D eigenvalue weighted by Crippen LogP contribution is -2.41. The van der Waals surface area contributed by atoms with E-state index in [0.29, 0.717) is 20.7 Å². The Morgan fingerprint density at radius 1 is 1.23 bits per heavy atom. The first-order chi connectivity index (χ1) is 14.5. The molecule has 0 saturated carbocycles. The number of thioether (sulfide) groups is 1. The van der Waals surface area contributed by atoms with Crippen molar-refractivity contribution in [1.29, 1.82) is 0 Å². The maximum Gasteiger partial charge on any atom is 0.266 e. The molecular weight excluding hydrogens is 440 g/mol. The number of carbonyl (C=O) groups excluding carboxylic acids is 2. The van der Waals surface area contributed by atoms with Crippen LogP contribution in [0.15, 0.2) is 59.5 Å². The zero-order chi connectivity index (χ0) is 21.5. The Morgan fingerprint density at radius 3 is 2.70 bits per heavy atom. The van der Waals surface area contributed by atoms with E-state index in [9.17, 15) is 14.7 Å². The van der Waals surface area contributed by atoms with Crippen molar-refractivity contribution in [2.75, 3.05) is 13.2 Å². The number of hydrogen-bond acceptors (Lipinski definition) is 5. The molecule has 3 rings (SSSR count). The van der Waals surface area contributed by atoms with Gasteiger partial charge in [-0.15, -0.1) is 0 Å². The molecule has 0 aliphatic carbocycles. The molecule has 156 valence electrons. The highest BCUT2D eigenvalue weighted by molar-refractivity contribution is 8.26. The van der Waals surface area contributed by atoms with Crippen LogP contribution in [-0.2, 0) is 16.0 Å². The number of benzene rings is 2. The van der Waals surface area contributed by atoms with Gasteiger partial charge in [0.2, 0.25) is 5.91 Å². The number of thiocarbonyl (C=S) groups is 1. The second kappa shape index (κ2) is 10.7. The zero-order valence-electron chi connectivity index (χ0n) is 16.1. The maximum absolute atomic E-state index is 12.7. The highest BCUT2D eigenvalue weighted by Crippen LogP contribution is 2.32. The lowest BCUT2D eigenvalue weighted by molar-refractivity contribution is -0.124. The van der Waals surface area contributed by atoms with Gasteiger partial charge in [-0.05, 0) is 35.8 Å². The summed E-state index contributed by atoms with van der Waals surface area (Å²) in [5.74, 6) is -0.460. The molecule has 2 amide bonds. The van der Waals surface area contributed by atoms with Gasteiger partial charge in [0.05, 0.1) is 17.6 Å². The number of halogens is 1. The van der Waals surface area contributed by atoms with Gasteiger partial charge >= 0.3 is 0 Å². The molecule has 1 aliphatic heterocycles. The van der Waals surface area contributed by atoms with Gasteiger partial charge in [0, 0.05) is 18.0 Å². The van der Waals surface area contributed by atoms with E-state index < -0.39 is 0 Å². The van der Waals surface area contributed by atoms with E-state index in [1.807, 2.05) is 42.5 Å². The predicted octanol–water partition coefficient (Wildman–Crippen LogP) is 3.65. The number of hydrogen-bond donors (Lipinski definition) is 2. The molecule has 0 radical (unpaired) electrons. The van der Waals surface area contributed by atoms with Gasteiger partial charge < -0.3 is 10.4 Å². The molecule has 1 heterocycles. The zero-order valence-corrected chi connectivity index (χ0v) is 18.5. The normalized spacial score (nSPS) is 16.2. The van der Waals surface area contributed by atoms with E-state index in [-0.39, 0.29) is 37.4 Å². The monoisotopic (exact) mass is 460 g/mol. The van der Waals surface area contributed by atoms with Crippen molar-refractivity contribution < 1.29 is 14.7 Å². The van der Waals surface area contributed by atoms with Gasteiger partial charge in [-0.3, -0.25) is 14.5 Å². The minimum atomic E-state index is -0.381. The van der Waals surface area contributed by atoms with Crippen molar-refractivity contribution in [2.24, 2.45) is 0 Å². The molecule has 0 aromatic heterocycles. The van der Waals surface area contributed by atoms with E-state index in [2.05, 4.69) is 5.32 Å².